The Balaban J connectivity index is 4.59. The quantitative estimate of drug-likeness (QED) is 0.0245. The number of unbranched alkanes of at least 4 members (excludes halogenated alkanes) is 30. The third-order valence-corrected chi connectivity index (χ3v) is 12.0. The highest BCUT2D eigenvalue weighted by Gasteiger charge is 2.24. The normalized spacial score (nSPS) is 13.5. The number of rotatable bonds is 47. The van der Waals surface area contributed by atoms with Crippen LogP contribution in [-0.2, 0) is 14.3 Å². The molecule has 0 aliphatic heterocycles. The summed E-state index contributed by atoms with van der Waals surface area (Å²) in [6.45, 7) is 6.45. The van der Waals surface area contributed by atoms with E-state index >= 15 is 0 Å². The maximum atomic E-state index is 13.2. The summed E-state index contributed by atoms with van der Waals surface area (Å²) in [7, 11) is 0. The van der Waals surface area contributed by atoms with Gasteiger partial charge in [-0.3, -0.25) is 9.59 Å². The number of carbonyl (C=O) groups excluding carboxylic acids is 2. The molecule has 0 aromatic rings. The molecular weight excluding hydrogens is 743 g/mol. The van der Waals surface area contributed by atoms with E-state index in [1.807, 2.05) is 0 Å². The SMILES string of the molecule is CCCCC/C=C/C=C/CCCCCCC(CC(=O)NC(CO)C(O)CCCCCCCCCCCCCC)OC(=O)CCCCCCC/C=C/CCCCCCCCC. The number of nitrogens with one attached hydrogen (secondary N) is 1. The van der Waals surface area contributed by atoms with Crippen LogP contribution in [0.5, 0.6) is 0 Å². The molecule has 0 saturated carbocycles. The molecule has 6 heteroatoms. The Labute approximate surface area is 373 Å². The van der Waals surface area contributed by atoms with Gasteiger partial charge in [-0.2, -0.15) is 0 Å². The second-order valence-corrected chi connectivity index (χ2v) is 17.9. The molecule has 0 fully saturated rings. The molecule has 0 aromatic carbocycles. The van der Waals surface area contributed by atoms with Crippen molar-refractivity contribution in [1.29, 1.82) is 0 Å². The smallest absolute Gasteiger partial charge is 0.306 e. The average Bonchev–Trinajstić information content (AvgIpc) is 3.24. The van der Waals surface area contributed by atoms with Crippen LogP contribution in [0.3, 0.4) is 0 Å². The highest BCUT2D eigenvalue weighted by atomic mass is 16.5. The standard InChI is InChI=1S/C54H101NO5/c1-4-7-10-13-16-19-22-25-26-27-29-32-35-38-41-44-47-54(59)60-50(45-42-39-36-33-30-28-23-20-17-14-11-8-5-2)48-53(58)55-51(49-56)52(57)46-43-40-37-34-31-24-21-18-15-12-9-6-3/h17,20,23,26-28,50-52,56-57H,4-16,18-19,21-22,24-25,29-49H2,1-3H3,(H,55,58)/b20-17+,27-26+,28-23+. The molecule has 0 aromatic heterocycles. The van der Waals surface area contributed by atoms with Gasteiger partial charge in [-0.25, -0.2) is 0 Å². The van der Waals surface area contributed by atoms with Crippen molar-refractivity contribution in [2.24, 2.45) is 0 Å². The average molecular weight is 844 g/mol. The number of ether oxygens (including phenoxy) is 1. The van der Waals surface area contributed by atoms with Gasteiger partial charge in [0.1, 0.15) is 6.10 Å². The Morgan fingerprint density at radius 3 is 1.32 bits per heavy atom. The molecule has 0 spiro atoms. The second kappa shape index (κ2) is 48.1. The van der Waals surface area contributed by atoms with Gasteiger partial charge in [0.2, 0.25) is 5.91 Å². The van der Waals surface area contributed by atoms with Crippen molar-refractivity contribution in [3.8, 4) is 0 Å². The number of aliphatic hydroxyl groups is 2. The highest BCUT2D eigenvalue weighted by Crippen LogP contribution is 2.18. The molecule has 0 heterocycles. The molecule has 352 valence electrons. The summed E-state index contributed by atoms with van der Waals surface area (Å²) >= 11 is 0. The molecule has 0 radical (unpaired) electrons. The molecule has 0 aliphatic carbocycles. The van der Waals surface area contributed by atoms with Gasteiger partial charge in [0.25, 0.3) is 0 Å². The summed E-state index contributed by atoms with van der Waals surface area (Å²) in [6, 6.07) is -0.707. The molecule has 3 unspecified atom stereocenters. The molecule has 0 aliphatic rings. The van der Waals surface area contributed by atoms with Gasteiger partial charge in [0.05, 0.1) is 25.2 Å². The van der Waals surface area contributed by atoms with E-state index in [4.69, 9.17) is 4.74 Å². The van der Waals surface area contributed by atoms with Crippen molar-refractivity contribution in [1.82, 2.24) is 5.32 Å². The fourth-order valence-electron chi connectivity index (χ4n) is 7.95. The number of hydrogen-bond acceptors (Lipinski definition) is 5. The van der Waals surface area contributed by atoms with Crippen molar-refractivity contribution in [3.05, 3.63) is 36.5 Å². The fraction of sp³-hybridized carbons (Fsp3) is 0.852. The molecule has 0 saturated heterocycles. The molecule has 1 amide bonds. The lowest BCUT2D eigenvalue weighted by molar-refractivity contribution is -0.151. The van der Waals surface area contributed by atoms with E-state index in [-0.39, 0.29) is 24.9 Å². The first-order valence-corrected chi connectivity index (χ1v) is 26.2. The summed E-state index contributed by atoms with van der Waals surface area (Å²) in [5.41, 5.74) is 0. The van der Waals surface area contributed by atoms with Crippen molar-refractivity contribution < 1.29 is 24.5 Å². The molecule has 3 N–H and O–H groups in total. The minimum atomic E-state index is -0.792. The molecule has 0 bridgehead atoms. The van der Waals surface area contributed by atoms with Crippen LogP contribution >= 0.6 is 0 Å². The Kier molecular flexibility index (Phi) is 46.6. The van der Waals surface area contributed by atoms with E-state index in [1.165, 1.54) is 141 Å². The van der Waals surface area contributed by atoms with E-state index in [1.54, 1.807) is 0 Å². The van der Waals surface area contributed by atoms with Crippen LogP contribution in [0, 0.1) is 0 Å². The summed E-state index contributed by atoms with van der Waals surface area (Å²) in [5.74, 6) is -0.496. The van der Waals surface area contributed by atoms with Crippen LogP contribution in [-0.4, -0.2) is 46.9 Å². The number of hydrogen-bond donors (Lipinski definition) is 3. The lowest BCUT2D eigenvalue weighted by Crippen LogP contribution is -2.46. The van der Waals surface area contributed by atoms with Gasteiger partial charge in [-0.1, -0.05) is 218 Å². The highest BCUT2D eigenvalue weighted by molar-refractivity contribution is 5.77. The lowest BCUT2D eigenvalue weighted by atomic mass is 10.0. The van der Waals surface area contributed by atoms with Crippen LogP contribution < -0.4 is 5.32 Å². The summed E-state index contributed by atoms with van der Waals surface area (Å²) < 4.78 is 5.92. The Morgan fingerprint density at radius 2 is 0.850 bits per heavy atom. The third-order valence-electron chi connectivity index (χ3n) is 12.0. The van der Waals surface area contributed by atoms with E-state index in [0.717, 1.165) is 83.5 Å². The Bertz CT molecular complexity index is 993. The minimum Gasteiger partial charge on any atom is -0.462 e. The lowest BCUT2D eigenvalue weighted by Gasteiger charge is -2.24. The molecule has 6 nitrogen and oxygen atoms in total. The number of carbonyl (C=O) groups is 2. The Hall–Kier alpha value is -1.92. The van der Waals surface area contributed by atoms with Crippen LogP contribution in [0.1, 0.15) is 271 Å². The van der Waals surface area contributed by atoms with Crippen molar-refractivity contribution >= 4 is 11.9 Å². The van der Waals surface area contributed by atoms with E-state index in [9.17, 15) is 19.8 Å². The fourth-order valence-corrected chi connectivity index (χ4v) is 7.95. The zero-order chi connectivity index (χ0) is 43.8. The van der Waals surface area contributed by atoms with Crippen LogP contribution in [0.2, 0.25) is 0 Å². The Morgan fingerprint density at radius 1 is 0.483 bits per heavy atom. The summed E-state index contributed by atoms with van der Waals surface area (Å²) in [6.07, 6.45) is 56.3. The predicted molar refractivity (Wildman–Crippen MR) is 259 cm³/mol. The van der Waals surface area contributed by atoms with Gasteiger partial charge < -0.3 is 20.3 Å². The molecule has 60 heavy (non-hydrogen) atoms. The van der Waals surface area contributed by atoms with Gasteiger partial charge in [-0.15, -0.1) is 0 Å². The zero-order valence-electron chi connectivity index (χ0n) is 40.1. The van der Waals surface area contributed by atoms with Crippen molar-refractivity contribution in [2.75, 3.05) is 6.61 Å². The van der Waals surface area contributed by atoms with Crippen LogP contribution in [0.15, 0.2) is 36.5 Å². The van der Waals surface area contributed by atoms with Gasteiger partial charge in [0.15, 0.2) is 0 Å². The summed E-state index contributed by atoms with van der Waals surface area (Å²) in [4.78, 5) is 26.1. The van der Waals surface area contributed by atoms with Crippen molar-refractivity contribution in [2.45, 2.75) is 289 Å². The molecule has 3 atom stereocenters. The number of esters is 1. The first kappa shape index (κ1) is 58.1. The van der Waals surface area contributed by atoms with Gasteiger partial charge >= 0.3 is 5.97 Å². The number of amides is 1. The maximum absolute atomic E-state index is 13.2. The van der Waals surface area contributed by atoms with Gasteiger partial charge in [0, 0.05) is 6.42 Å². The van der Waals surface area contributed by atoms with Crippen LogP contribution in [0.25, 0.3) is 0 Å². The maximum Gasteiger partial charge on any atom is 0.306 e. The van der Waals surface area contributed by atoms with E-state index in [0.29, 0.717) is 19.3 Å². The second-order valence-electron chi connectivity index (χ2n) is 17.9. The first-order valence-electron chi connectivity index (χ1n) is 26.2. The topological polar surface area (TPSA) is 95.9 Å². The molecular formula is C54H101NO5. The third kappa shape index (κ3) is 42.8. The zero-order valence-corrected chi connectivity index (χ0v) is 40.1. The predicted octanol–water partition coefficient (Wildman–Crippen LogP) is 15.7. The minimum absolute atomic E-state index is 0.0629. The van der Waals surface area contributed by atoms with Crippen molar-refractivity contribution in [3.63, 3.8) is 0 Å². The van der Waals surface area contributed by atoms with E-state index < -0.39 is 18.2 Å². The number of aliphatic hydroxyl groups excluding tert-OH is 2. The van der Waals surface area contributed by atoms with Gasteiger partial charge in [-0.05, 0) is 77.0 Å². The monoisotopic (exact) mass is 844 g/mol. The van der Waals surface area contributed by atoms with Crippen LogP contribution in [0.4, 0.5) is 0 Å². The first-order chi connectivity index (χ1) is 29.5. The largest absolute Gasteiger partial charge is 0.462 e. The molecule has 0 rings (SSSR count). The number of allylic oxidation sites excluding steroid dienone is 6. The summed E-state index contributed by atoms with van der Waals surface area (Å²) in [5, 5.41) is 23.7. The van der Waals surface area contributed by atoms with E-state index in [2.05, 4.69) is 62.5 Å².